The summed E-state index contributed by atoms with van der Waals surface area (Å²) in [7, 11) is 0. The van der Waals surface area contributed by atoms with E-state index in [0.717, 1.165) is 50.6 Å². The average molecular weight is 265 g/mol. The number of nitrogens with two attached hydrogens (primary N) is 1. The van der Waals surface area contributed by atoms with Crippen LogP contribution in [0.15, 0.2) is 0 Å². The van der Waals surface area contributed by atoms with Crippen LogP contribution in [-0.4, -0.2) is 42.4 Å². The number of nitrogens with zero attached hydrogens (tertiary/aromatic N) is 1. The number of primary amides is 1. The fourth-order valence-electron chi connectivity index (χ4n) is 3.82. The second-order valence-electron chi connectivity index (χ2n) is 6.34. The summed E-state index contributed by atoms with van der Waals surface area (Å²) in [4.78, 5) is 25.7. The van der Waals surface area contributed by atoms with Gasteiger partial charge in [-0.25, -0.2) is 0 Å². The molecule has 3 N–H and O–H groups in total. The second kappa shape index (κ2) is 5.12. The Balaban J connectivity index is 1.66. The fraction of sp³-hybridized carbons (Fsp3) is 0.857. The minimum atomic E-state index is -0.393. The molecule has 0 bridgehead atoms. The Bertz CT molecular complexity index is 369. The molecule has 1 heterocycles. The lowest BCUT2D eigenvalue weighted by Gasteiger charge is -2.35. The number of hydrogen-bond donors (Lipinski definition) is 2. The molecule has 1 aliphatic heterocycles. The molecule has 0 aromatic rings. The Morgan fingerprint density at radius 3 is 2.32 bits per heavy atom. The number of nitrogens with one attached hydrogen (secondary N) is 1. The third-order valence-corrected chi connectivity index (χ3v) is 4.95. The largest absolute Gasteiger partial charge is 0.368 e. The molecule has 1 saturated heterocycles. The molecule has 2 unspecified atom stereocenters. The number of carbonyl (C=O) groups is 2. The highest BCUT2D eigenvalue weighted by molar-refractivity contribution is 5.85. The molecule has 0 radical (unpaired) electrons. The number of piperidine rings is 1. The van der Waals surface area contributed by atoms with Gasteiger partial charge in [-0.2, -0.15) is 0 Å². The first-order valence-electron chi connectivity index (χ1n) is 7.44. The van der Waals surface area contributed by atoms with Crippen molar-refractivity contribution in [1.29, 1.82) is 0 Å². The van der Waals surface area contributed by atoms with E-state index < -0.39 is 5.91 Å². The fourth-order valence-corrected chi connectivity index (χ4v) is 3.82. The topological polar surface area (TPSA) is 75.4 Å². The Kier molecular flexibility index (Phi) is 3.48. The normalized spacial score (nSPS) is 33.8. The van der Waals surface area contributed by atoms with Gasteiger partial charge in [-0.3, -0.25) is 9.59 Å². The summed E-state index contributed by atoms with van der Waals surface area (Å²) >= 11 is 0. The second-order valence-corrected chi connectivity index (χ2v) is 6.34. The maximum atomic E-state index is 12.6. The Morgan fingerprint density at radius 1 is 1.11 bits per heavy atom. The Morgan fingerprint density at radius 2 is 1.74 bits per heavy atom. The lowest BCUT2D eigenvalue weighted by atomic mass is 9.98. The maximum Gasteiger partial charge on any atom is 0.237 e. The molecule has 19 heavy (non-hydrogen) atoms. The van der Waals surface area contributed by atoms with Gasteiger partial charge in [-0.05, 0) is 57.0 Å². The number of carbonyl (C=O) groups excluding carboxylic acids is 2. The van der Waals surface area contributed by atoms with E-state index in [1.54, 1.807) is 4.90 Å². The predicted octanol–water partition coefficient (Wildman–Crippen LogP) is 0.0984. The zero-order valence-electron chi connectivity index (χ0n) is 11.3. The van der Waals surface area contributed by atoms with Gasteiger partial charge in [0, 0.05) is 12.0 Å². The zero-order valence-corrected chi connectivity index (χ0v) is 11.3. The summed E-state index contributed by atoms with van der Waals surface area (Å²) in [5.74, 6) is 1.51. The van der Waals surface area contributed by atoms with Crippen LogP contribution in [0.4, 0.5) is 0 Å². The summed E-state index contributed by atoms with van der Waals surface area (Å²) in [5, 5.41) is 3.29. The summed E-state index contributed by atoms with van der Waals surface area (Å²) in [5.41, 5.74) is 5.32. The minimum absolute atomic E-state index is 0.0926. The van der Waals surface area contributed by atoms with Crippen molar-refractivity contribution < 1.29 is 9.59 Å². The van der Waals surface area contributed by atoms with Crippen LogP contribution < -0.4 is 11.1 Å². The van der Waals surface area contributed by atoms with Crippen molar-refractivity contribution in [2.24, 2.45) is 23.5 Å². The number of amides is 2. The maximum absolute atomic E-state index is 12.6. The van der Waals surface area contributed by atoms with Crippen LogP contribution >= 0.6 is 0 Å². The Hall–Kier alpha value is -1.10. The molecule has 106 valence electrons. The van der Waals surface area contributed by atoms with Gasteiger partial charge in [-0.1, -0.05) is 0 Å². The van der Waals surface area contributed by atoms with Crippen molar-refractivity contribution >= 4 is 11.8 Å². The van der Waals surface area contributed by atoms with E-state index in [9.17, 15) is 9.59 Å². The van der Waals surface area contributed by atoms with E-state index in [1.807, 2.05) is 0 Å². The highest BCUT2D eigenvalue weighted by Gasteiger charge is 2.49. The van der Waals surface area contributed by atoms with E-state index >= 15 is 0 Å². The molecule has 5 heteroatoms. The van der Waals surface area contributed by atoms with Gasteiger partial charge in [0.05, 0.1) is 6.54 Å². The van der Waals surface area contributed by atoms with Gasteiger partial charge >= 0.3 is 0 Å². The highest BCUT2D eigenvalue weighted by Crippen LogP contribution is 2.54. The van der Waals surface area contributed by atoms with Gasteiger partial charge in [0.25, 0.3) is 0 Å². The third kappa shape index (κ3) is 2.76. The van der Waals surface area contributed by atoms with Gasteiger partial charge < -0.3 is 16.0 Å². The summed E-state index contributed by atoms with van der Waals surface area (Å²) < 4.78 is 0. The van der Waals surface area contributed by atoms with Gasteiger partial charge in [0.15, 0.2) is 0 Å². The molecule has 2 saturated carbocycles. The van der Waals surface area contributed by atoms with Crippen molar-refractivity contribution in [3.63, 3.8) is 0 Å². The van der Waals surface area contributed by atoms with Crippen LogP contribution in [0.1, 0.15) is 32.1 Å². The molecule has 0 aromatic carbocycles. The molecule has 2 aliphatic carbocycles. The minimum Gasteiger partial charge on any atom is -0.368 e. The van der Waals surface area contributed by atoms with Crippen molar-refractivity contribution in [1.82, 2.24) is 10.2 Å². The average Bonchev–Trinajstić information content (AvgIpc) is 3.02. The van der Waals surface area contributed by atoms with Crippen LogP contribution in [0.3, 0.4) is 0 Å². The SMILES string of the molecule is NC(=O)CN(C(=O)C1CC2CC2C1)C1CCNCC1. The van der Waals surface area contributed by atoms with Crippen LogP contribution in [0, 0.1) is 17.8 Å². The first-order valence-corrected chi connectivity index (χ1v) is 7.44. The monoisotopic (exact) mass is 265 g/mol. The summed E-state index contributed by atoms with van der Waals surface area (Å²) in [6.07, 6.45) is 5.23. The molecule has 3 fully saturated rings. The quantitative estimate of drug-likeness (QED) is 0.757. The number of fused-ring (bicyclic) bond motifs is 1. The van der Waals surface area contributed by atoms with E-state index in [4.69, 9.17) is 5.73 Å². The number of rotatable bonds is 4. The lowest BCUT2D eigenvalue weighted by molar-refractivity contribution is -0.141. The van der Waals surface area contributed by atoms with Crippen molar-refractivity contribution in [3.05, 3.63) is 0 Å². The van der Waals surface area contributed by atoms with Crippen LogP contribution in [0.5, 0.6) is 0 Å². The highest BCUT2D eigenvalue weighted by atomic mass is 16.2. The standard InChI is InChI=1S/C14H23N3O2/c15-13(18)8-17(12-1-3-16-4-2-12)14(19)11-6-9-5-10(9)7-11/h9-12,16H,1-8H2,(H2,15,18). The smallest absolute Gasteiger partial charge is 0.237 e. The van der Waals surface area contributed by atoms with E-state index in [-0.39, 0.29) is 24.4 Å². The summed E-state index contributed by atoms with van der Waals surface area (Å²) in [6, 6.07) is 0.193. The molecule has 3 rings (SSSR count). The van der Waals surface area contributed by atoms with Crippen molar-refractivity contribution in [2.45, 2.75) is 38.1 Å². The van der Waals surface area contributed by atoms with Crippen LogP contribution in [-0.2, 0) is 9.59 Å². The number of hydrogen-bond acceptors (Lipinski definition) is 3. The van der Waals surface area contributed by atoms with Crippen LogP contribution in [0.2, 0.25) is 0 Å². The first kappa shape index (κ1) is 12.9. The molecule has 0 spiro atoms. The van der Waals surface area contributed by atoms with E-state index in [2.05, 4.69) is 5.32 Å². The lowest BCUT2D eigenvalue weighted by Crippen LogP contribution is -2.51. The molecule has 2 amide bonds. The van der Waals surface area contributed by atoms with E-state index in [1.165, 1.54) is 6.42 Å². The predicted molar refractivity (Wildman–Crippen MR) is 71.1 cm³/mol. The molecule has 5 nitrogen and oxygen atoms in total. The molecule has 3 aliphatic rings. The van der Waals surface area contributed by atoms with Crippen molar-refractivity contribution in [2.75, 3.05) is 19.6 Å². The van der Waals surface area contributed by atoms with E-state index in [0.29, 0.717) is 0 Å². The van der Waals surface area contributed by atoms with Gasteiger partial charge in [-0.15, -0.1) is 0 Å². The third-order valence-electron chi connectivity index (χ3n) is 4.95. The molecular weight excluding hydrogens is 242 g/mol. The molecule has 0 aromatic heterocycles. The van der Waals surface area contributed by atoms with Gasteiger partial charge in [0.2, 0.25) is 11.8 Å². The molecule has 2 atom stereocenters. The van der Waals surface area contributed by atoms with Gasteiger partial charge in [0.1, 0.15) is 0 Å². The zero-order chi connectivity index (χ0) is 13.4. The molecular formula is C14H23N3O2. The first-order chi connectivity index (χ1) is 9.15. The van der Waals surface area contributed by atoms with Crippen LogP contribution in [0.25, 0.3) is 0 Å². The Labute approximate surface area is 113 Å². The van der Waals surface area contributed by atoms with Crippen molar-refractivity contribution in [3.8, 4) is 0 Å². The summed E-state index contributed by atoms with van der Waals surface area (Å²) in [6.45, 7) is 1.93.